The van der Waals surface area contributed by atoms with E-state index in [4.69, 9.17) is 12.2 Å². The third-order valence-corrected chi connectivity index (χ3v) is 5.65. The first-order valence-electron chi connectivity index (χ1n) is 9.23. The van der Waals surface area contributed by atoms with Gasteiger partial charge >= 0.3 is 0 Å². The van der Waals surface area contributed by atoms with E-state index < -0.39 is 0 Å². The van der Waals surface area contributed by atoms with Gasteiger partial charge in [0, 0.05) is 43.4 Å². The predicted octanol–water partition coefficient (Wildman–Crippen LogP) is 2.52. The van der Waals surface area contributed by atoms with E-state index in [1.807, 2.05) is 15.5 Å². The molecule has 1 amide bonds. The van der Waals surface area contributed by atoms with Crippen LogP contribution in [0.2, 0.25) is 0 Å². The van der Waals surface area contributed by atoms with Crippen molar-refractivity contribution in [3.05, 3.63) is 76.0 Å². The van der Waals surface area contributed by atoms with Crippen LogP contribution >= 0.6 is 12.2 Å². The highest BCUT2D eigenvalue weighted by atomic mass is 32.1. The minimum absolute atomic E-state index is 0.0439. The number of piperidine rings is 1. The van der Waals surface area contributed by atoms with Gasteiger partial charge in [-0.05, 0) is 54.4 Å². The number of fused-ring (bicyclic) bond motifs is 4. The van der Waals surface area contributed by atoms with E-state index in [1.165, 1.54) is 18.2 Å². The lowest BCUT2D eigenvalue weighted by molar-refractivity contribution is -0.115. The van der Waals surface area contributed by atoms with Crippen molar-refractivity contribution < 1.29 is 9.18 Å². The Morgan fingerprint density at radius 1 is 1.14 bits per heavy atom. The minimum Gasteiger partial charge on any atom is -0.348 e. The number of likely N-dealkylation sites (tertiary alicyclic amines) is 1. The van der Waals surface area contributed by atoms with Crippen LogP contribution in [0.4, 0.5) is 4.39 Å². The summed E-state index contributed by atoms with van der Waals surface area (Å²) in [7, 11) is 0. The van der Waals surface area contributed by atoms with E-state index in [0.717, 1.165) is 24.2 Å². The summed E-state index contributed by atoms with van der Waals surface area (Å²) in [5.41, 5.74) is 1.82. The Kier molecular flexibility index (Phi) is 5.09. The maximum atomic E-state index is 12.9. The Morgan fingerprint density at radius 3 is 2.71 bits per heavy atom. The van der Waals surface area contributed by atoms with Crippen molar-refractivity contribution in [2.45, 2.75) is 18.9 Å². The van der Waals surface area contributed by atoms with E-state index in [9.17, 15) is 14.0 Å². The summed E-state index contributed by atoms with van der Waals surface area (Å²) in [5, 5.41) is 3.14. The molecular formula is C21H20FN3O2S. The first-order valence-corrected chi connectivity index (χ1v) is 9.64. The number of aromatic nitrogens is 1. The molecule has 2 aromatic rings. The number of amides is 1. The molecule has 2 bridgehead atoms. The predicted molar refractivity (Wildman–Crippen MR) is 109 cm³/mol. The lowest BCUT2D eigenvalue weighted by atomic mass is 9.83. The molecule has 1 saturated heterocycles. The van der Waals surface area contributed by atoms with Gasteiger partial charge in [0.05, 0.1) is 0 Å². The summed E-state index contributed by atoms with van der Waals surface area (Å²) in [6.07, 6.45) is 4.03. The lowest BCUT2D eigenvalue weighted by Gasteiger charge is -2.43. The summed E-state index contributed by atoms with van der Waals surface area (Å²) in [4.78, 5) is 26.3. The molecule has 5 nitrogen and oxygen atoms in total. The van der Waals surface area contributed by atoms with Gasteiger partial charge in [0.2, 0.25) is 5.91 Å². The number of carbonyl (C=O) groups is 1. The monoisotopic (exact) mass is 397 g/mol. The van der Waals surface area contributed by atoms with Crippen molar-refractivity contribution in [1.82, 2.24) is 14.8 Å². The molecule has 0 spiro atoms. The average Bonchev–Trinajstić information content (AvgIpc) is 2.68. The summed E-state index contributed by atoms with van der Waals surface area (Å²) in [5.74, 6) is -0.0779. The number of nitrogens with zero attached hydrogens (tertiary/aromatic N) is 2. The Bertz CT molecular complexity index is 999. The van der Waals surface area contributed by atoms with E-state index >= 15 is 0 Å². The highest BCUT2D eigenvalue weighted by molar-refractivity contribution is 7.80. The van der Waals surface area contributed by atoms with Crippen LogP contribution in [0.1, 0.15) is 23.6 Å². The number of hydrogen-bond donors (Lipinski definition) is 1. The SMILES string of the molecule is O=C(/C=C/c1ccc(F)cc1)NC(=S)N1C[C@@H]2C[C@H](C1)c1cccc(=O)n1C2. The highest BCUT2D eigenvalue weighted by Gasteiger charge is 2.35. The summed E-state index contributed by atoms with van der Waals surface area (Å²) >= 11 is 5.44. The molecule has 1 N–H and O–H groups in total. The van der Waals surface area contributed by atoms with Crippen LogP contribution < -0.4 is 10.9 Å². The van der Waals surface area contributed by atoms with E-state index in [-0.39, 0.29) is 23.2 Å². The fourth-order valence-corrected chi connectivity index (χ4v) is 4.28. The van der Waals surface area contributed by atoms with Gasteiger partial charge in [0.15, 0.2) is 5.11 Å². The Morgan fingerprint density at radius 2 is 1.93 bits per heavy atom. The van der Waals surface area contributed by atoms with Crippen LogP contribution in [0, 0.1) is 11.7 Å². The van der Waals surface area contributed by atoms with Crippen LogP contribution in [0.3, 0.4) is 0 Å². The fourth-order valence-electron chi connectivity index (χ4n) is 4.03. The second-order valence-electron chi connectivity index (χ2n) is 7.28. The molecule has 4 rings (SSSR count). The number of pyridine rings is 1. The fraction of sp³-hybridized carbons (Fsp3) is 0.286. The summed E-state index contributed by atoms with van der Waals surface area (Å²) < 4.78 is 14.8. The largest absolute Gasteiger partial charge is 0.348 e. The van der Waals surface area contributed by atoms with E-state index in [2.05, 4.69) is 5.32 Å². The Hall–Kier alpha value is -2.80. The second kappa shape index (κ2) is 7.67. The molecule has 144 valence electrons. The number of rotatable bonds is 2. The zero-order chi connectivity index (χ0) is 19.7. The van der Waals surface area contributed by atoms with Gasteiger partial charge in [-0.15, -0.1) is 0 Å². The van der Waals surface area contributed by atoms with Gasteiger partial charge in [0.1, 0.15) is 5.82 Å². The maximum Gasteiger partial charge on any atom is 0.250 e. The van der Waals surface area contributed by atoms with Crippen LogP contribution in [0.5, 0.6) is 0 Å². The molecular weight excluding hydrogens is 377 g/mol. The van der Waals surface area contributed by atoms with Crippen molar-refractivity contribution in [1.29, 1.82) is 0 Å². The molecule has 28 heavy (non-hydrogen) atoms. The zero-order valence-corrected chi connectivity index (χ0v) is 16.0. The molecule has 2 atom stereocenters. The number of carbonyl (C=O) groups excluding carboxylic acids is 1. The van der Waals surface area contributed by atoms with E-state index in [1.54, 1.807) is 30.3 Å². The highest BCUT2D eigenvalue weighted by Crippen LogP contribution is 2.34. The normalized spacial score (nSPS) is 20.7. The molecule has 3 heterocycles. The summed E-state index contributed by atoms with van der Waals surface area (Å²) in [6.45, 7) is 2.09. The number of hydrogen-bond acceptors (Lipinski definition) is 3. The number of halogens is 1. The standard InChI is InChI=1S/C21H20FN3O2S/c22-17-7-4-14(5-8-17)6-9-19(26)23-21(28)24-11-15-10-16(13-24)18-2-1-3-20(27)25(18)12-15/h1-9,15-16H,10-13H2,(H,23,26,28)/b9-6+/t15-,16+/m0/s1. The Balaban J connectivity index is 1.40. The second-order valence-corrected chi connectivity index (χ2v) is 7.67. The summed E-state index contributed by atoms with van der Waals surface area (Å²) in [6, 6.07) is 11.3. The smallest absolute Gasteiger partial charge is 0.250 e. The number of nitrogens with one attached hydrogen (secondary N) is 1. The first kappa shape index (κ1) is 18.6. The van der Waals surface area contributed by atoms with Crippen LogP contribution in [0.25, 0.3) is 6.08 Å². The molecule has 2 aliphatic heterocycles. The van der Waals surface area contributed by atoms with Crippen LogP contribution in [0.15, 0.2) is 53.3 Å². The first-order chi connectivity index (χ1) is 13.5. The van der Waals surface area contributed by atoms with E-state index in [0.29, 0.717) is 24.1 Å². The van der Waals surface area contributed by atoms with Gasteiger partial charge in [-0.2, -0.15) is 0 Å². The third-order valence-electron chi connectivity index (χ3n) is 5.29. The van der Waals surface area contributed by atoms with Gasteiger partial charge < -0.3 is 9.47 Å². The lowest BCUT2D eigenvalue weighted by Crippen LogP contribution is -2.52. The van der Waals surface area contributed by atoms with Crippen molar-refractivity contribution in [3.8, 4) is 0 Å². The number of thiocarbonyl (C=S) groups is 1. The van der Waals surface area contributed by atoms with Crippen molar-refractivity contribution in [2.75, 3.05) is 13.1 Å². The van der Waals surface area contributed by atoms with Gasteiger partial charge in [0.25, 0.3) is 5.56 Å². The third kappa shape index (κ3) is 3.89. The molecule has 2 aliphatic rings. The number of benzene rings is 1. The molecule has 0 radical (unpaired) electrons. The van der Waals surface area contributed by atoms with Crippen LogP contribution in [-0.2, 0) is 11.3 Å². The van der Waals surface area contributed by atoms with Crippen molar-refractivity contribution in [2.24, 2.45) is 5.92 Å². The van der Waals surface area contributed by atoms with Gasteiger partial charge in [-0.3, -0.25) is 14.9 Å². The van der Waals surface area contributed by atoms with Gasteiger partial charge in [-0.25, -0.2) is 4.39 Å². The quantitative estimate of drug-likeness (QED) is 0.625. The molecule has 1 aromatic heterocycles. The zero-order valence-electron chi connectivity index (χ0n) is 15.2. The van der Waals surface area contributed by atoms with Crippen molar-refractivity contribution >= 4 is 29.3 Å². The average molecular weight is 397 g/mol. The van der Waals surface area contributed by atoms with Gasteiger partial charge in [-0.1, -0.05) is 18.2 Å². The Labute approximate surface area is 167 Å². The molecule has 1 fully saturated rings. The maximum absolute atomic E-state index is 12.9. The topological polar surface area (TPSA) is 54.3 Å². The molecule has 1 aromatic carbocycles. The molecule has 0 saturated carbocycles. The van der Waals surface area contributed by atoms with Crippen LogP contribution in [-0.4, -0.2) is 33.6 Å². The molecule has 0 aliphatic carbocycles. The molecule has 0 unspecified atom stereocenters. The molecule has 7 heteroatoms. The van der Waals surface area contributed by atoms with Crippen molar-refractivity contribution in [3.63, 3.8) is 0 Å². The minimum atomic E-state index is -0.318.